The summed E-state index contributed by atoms with van der Waals surface area (Å²) in [5.41, 5.74) is 8.17. The largest absolute Gasteiger partial charge is 0.375 e. The first-order chi connectivity index (χ1) is 16.7. The van der Waals surface area contributed by atoms with E-state index in [4.69, 9.17) is 15.5 Å². The van der Waals surface area contributed by atoms with Crippen molar-refractivity contribution < 1.29 is 13.9 Å². The number of nitrogens with two attached hydrogens (primary N) is 1. The number of amides is 1. The van der Waals surface area contributed by atoms with Gasteiger partial charge in [0.25, 0.3) is 0 Å². The molecule has 0 saturated heterocycles. The molecule has 35 heavy (non-hydrogen) atoms. The number of methoxy groups -OCH3 is 1. The molecule has 0 fully saturated rings. The van der Waals surface area contributed by atoms with E-state index in [1.54, 1.807) is 11.1 Å². The van der Waals surface area contributed by atoms with Gasteiger partial charge in [-0.15, -0.1) is 0 Å². The molecule has 0 spiro atoms. The quantitative estimate of drug-likeness (QED) is 0.443. The zero-order valence-corrected chi connectivity index (χ0v) is 21.0. The normalized spacial score (nSPS) is 13.4. The van der Waals surface area contributed by atoms with Crippen molar-refractivity contribution in [1.29, 1.82) is 0 Å². The zero-order valence-electron chi connectivity index (χ0n) is 21.0. The van der Waals surface area contributed by atoms with Crippen LogP contribution in [0.2, 0.25) is 0 Å². The number of pyridine rings is 1. The van der Waals surface area contributed by atoms with Crippen molar-refractivity contribution in [3.8, 4) is 11.3 Å². The van der Waals surface area contributed by atoms with Crippen molar-refractivity contribution in [3.05, 3.63) is 72.4 Å². The van der Waals surface area contributed by atoms with Crippen LogP contribution in [0.3, 0.4) is 0 Å². The summed E-state index contributed by atoms with van der Waals surface area (Å²) >= 11 is 0. The molecule has 0 radical (unpaired) electrons. The first-order valence-corrected chi connectivity index (χ1v) is 11.9. The maximum Gasteiger partial charge on any atom is 0.249 e. The topological polar surface area (TPSA) is 86.3 Å². The van der Waals surface area contributed by atoms with E-state index in [0.717, 1.165) is 22.8 Å². The molecule has 2 N–H and O–H groups in total. The first kappa shape index (κ1) is 26.5. The third-order valence-corrected chi connectivity index (χ3v) is 5.84. The summed E-state index contributed by atoms with van der Waals surface area (Å²) in [7, 11) is 1.49. The van der Waals surface area contributed by atoms with Gasteiger partial charge in [0.05, 0.1) is 24.0 Å². The van der Waals surface area contributed by atoms with E-state index in [2.05, 4.69) is 30.3 Å². The molecule has 2 aromatic heterocycles. The molecule has 1 amide bonds. The second kappa shape index (κ2) is 12.0. The molecule has 2 atom stereocenters. The van der Waals surface area contributed by atoms with Crippen LogP contribution in [0.1, 0.15) is 44.8 Å². The zero-order chi connectivity index (χ0) is 25.4. The van der Waals surface area contributed by atoms with Crippen LogP contribution in [0.4, 0.5) is 4.39 Å². The number of ether oxygens (including phenoxy) is 1. The van der Waals surface area contributed by atoms with Crippen molar-refractivity contribution in [3.63, 3.8) is 0 Å². The van der Waals surface area contributed by atoms with Gasteiger partial charge in [0, 0.05) is 37.7 Å². The number of hydrogen-bond donors (Lipinski definition) is 1. The summed E-state index contributed by atoms with van der Waals surface area (Å²) < 4.78 is 20.4. The lowest BCUT2D eigenvalue weighted by atomic mass is 9.84. The lowest BCUT2D eigenvalue weighted by Crippen LogP contribution is -2.45. The molecule has 0 unspecified atom stereocenters. The summed E-state index contributed by atoms with van der Waals surface area (Å²) in [5.74, 6) is 0.549. The molecular formula is C27H36FN5O2. The number of alkyl halides is 1. The lowest BCUT2D eigenvalue weighted by Gasteiger charge is -2.40. The third-order valence-electron chi connectivity index (χ3n) is 5.84. The van der Waals surface area contributed by atoms with Crippen LogP contribution in [0.15, 0.2) is 60.9 Å². The summed E-state index contributed by atoms with van der Waals surface area (Å²) in [6.45, 7) is 6.29. The number of aromatic nitrogens is 3. The molecule has 0 aliphatic rings. The average Bonchev–Trinajstić information content (AvgIpc) is 3.24. The van der Waals surface area contributed by atoms with Gasteiger partial charge >= 0.3 is 0 Å². The Labute approximate surface area is 207 Å². The van der Waals surface area contributed by atoms with Crippen LogP contribution in [0.25, 0.3) is 11.3 Å². The number of nitrogens with zero attached hydrogens (tertiary/aromatic N) is 4. The van der Waals surface area contributed by atoms with Gasteiger partial charge < -0.3 is 19.9 Å². The van der Waals surface area contributed by atoms with E-state index >= 15 is 0 Å². The fourth-order valence-corrected chi connectivity index (χ4v) is 4.17. The van der Waals surface area contributed by atoms with Crippen LogP contribution in [0.5, 0.6) is 0 Å². The van der Waals surface area contributed by atoms with Gasteiger partial charge in [0.2, 0.25) is 5.91 Å². The van der Waals surface area contributed by atoms with Gasteiger partial charge in [0.1, 0.15) is 19.1 Å². The van der Waals surface area contributed by atoms with Crippen LogP contribution in [-0.4, -0.2) is 58.3 Å². The minimum atomic E-state index is -0.640. The van der Waals surface area contributed by atoms with Gasteiger partial charge in [-0.2, -0.15) is 0 Å². The molecule has 0 bridgehead atoms. The highest BCUT2D eigenvalue weighted by Gasteiger charge is 2.38. The standard InChI is InChI=1S/C27H36FN5O2/c1-27(2,3)25(33(24(34)19-35-4)15-13-21(29)16-28)26-31-23(20-10-6-5-7-11-20)18-32(26)17-22-12-8-9-14-30-22/h5-12,14,18,21,25H,13,15-17,19,29H2,1-4H3/t21-,25+/m1/s1. The smallest absolute Gasteiger partial charge is 0.249 e. The highest BCUT2D eigenvalue weighted by Crippen LogP contribution is 2.39. The monoisotopic (exact) mass is 481 g/mol. The molecule has 1 aromatic carbocycles. The summed E-state index contributed by atoms with van der Waals surface area (Å²) in [6.07, 6.45) is 4.10. The number of rotatable bonds is 11. The lowest BCUT2D eigenvalue weighted by molar-refractivity contribution is -0.140. The Kier molecular flexibility index (Phi) is 9.12. The molecule has 0 aliphatic heterocycles. The van der Waals surface area contributed by atoms with Crippen LogP contribution >= 0.6 is 0 Å². The fraction of sp³-hybridized carbons (Fsp3) is 0.444. The van der Waals surface area contributed by atoms with E-state index in [-0.39, 0.29) is 17.9 Å². The predicted molar refractivity (Wildman–Crippen MR) is 135 cm³/mol. The van der Waals surface area contributed by atoms with Crippen LogP contribution < -0.4 is 5.73 Å². The molecule has 0 saturated carbocycles. The Morgan fingerprint density at radius 2 is 1.89 bits per heavy atom. The van der Waals surface area contributed by atoms with Gasteiger partial charge in [-0.25, -0.2) is 9.37 Å². The van der Waals surface area contributed by atoms with E-state index in [0.29, 0.717) is 19.5 Å². The van der Waals surface area contributed by atoms with Crippen LogP contribution in [0, 0.1) is 5.41 Å². The van der Waals surface area contributed by atoms with Crippen molar-refractivity contribution in [1.82, 2.24) is 19.4 Å². The summed E-state index contributed by atoms with van der Waals surface area (Å²) in [5, 5.41) is 0. The van der Waals surface area contributed by atoms with E-state index in [1.165, 1.54) is 7.11 Å². The molecule has 3 rings (SSSR count). The molecule has 2 heterocycles. The minimum absolute atomic E-state index is 0.0794. The summed E-state index contributed by atoms with van der Waals surface area (Å²) in [4.78, 5) is 24.6. The number of benzene rings is 1. The number of carbonyl (C=O) groups is 1. The Morgan fingerprint density at radius 3 is 2.49 bits per heavy atom. The molecule has 7 nitrogen and oxygen atoms in total. The first-order valence-electron chi connectivity index (χ1n) is 11.9. The Bertz CT molecular complexity index is 1070. The van der Waals surface area contributed by atoms with Crippen molar-refractivity contribution >= 4 is 5.91 Å². The van der Waals surface area contributed by atoms with Gasteiger partial charge in [-0.3, -0.25) is 9.78 Å². The second-order valence-corrected chi connectivity index (χ2v) is 9.79. The fourth-order valence-electron chi connectivity index (χ4n) is 4.17. The third kappa shape index (κ3) is 6.96. The minimum Gasteiger partial charge on any atom is -0.375 e. The maximum absolute atomic E-state index is 13.3. The van der Waals surface area contributed by atoms with E-state index < -0.39 is 18.8 Å². The summed E-state index contributed by atoms with van der Waals surface area (Å²) in [6, 6.07) is 14.7. The second-order valence-electron chi connectivity index (χ2n) is 9.79. The SMILES string of the molecule is COCC(=O)N(CC[C@@H](N)CF)[C@@H](c1nc(-c2ccccc2)cn1Cc1ccccn1)C(C)(C)C. The van der Waals surface area contributed by atoms with Crippen molar-refractivity contribution in [2.75, 3.05) is 26.9 Å². The number of imidazole rings is 1. The predicted octanol–water partition coefficient (Wildman–Crippen LogP) is 4.24. The number of carbonyl (C=O) groups excluding carboxylic acids is 1. The molecule has 8 heteroatoms. The number of hydrogen-bond acceptors (Lipinski definition) is 5. The maximum atomic E-state index is 13.3. The molecule has 0 aliphatic carbocycles. The van der Waals surface area contributed by atoms with Gasteiger partial charge in [-0.05, 0) is 24.0 Å². The highest BCUT2D eigenvalue weighted by molar-refractivity contribution is 5.78. The molecule has 3 aromatic rings. The molecule has 188 valence electrons. The van der Waals surface area contributed by atoms with E-state index in [1.807, 2.05) is 54.7 Å². The van der Waals surface area contributed by atoms with Crippen LogP contribution in [-0.2, 0) is 16.1 Å². The average molecular weight is 482 g/mol. The Morgan fingerprint density at radius 1 is 1.17 bits per heavy atom. The van der Waals surface area contributed by atoms with Crippen molar-refractivity contribution in [2.24, 2.45) is 11.1 Å². The molecular weight excluding hydrogens is 445 g/mol. The Balaban J connectivity index is 2.13. The Hall–Kier alpha value is -3.10. The van der Waals surface area contributed by atoms with Gasteiger partial charge in [0.15, 0.2) is 0 Å². The highest BCUT2D eigenvalue weighted by atomic mass is 19.1. The van der Waals surface area contributed by atoms with E-state index in [9.17, 15) is 9.18 Å². The number of halogens is 1. The van der Waals surface area contributed by atoms with Gasteiger partial charge in [-0.1, -0.05) is 57.2 Å². The van der Waals surface area contributed by atoms with Crippen molar-refractivity contribution in [2.45, 2.75) is 45.8 Å².